The van der Waals surface area contributed by atoms with Gasteiger partial charge in [-0.1, -0.05) is 13.8 Å². The summed E-state index contributed by atoms with van der Waals surface area (Å²) in [5.74, 6) is -0.177. The van der Waals surface area contributed by atoms with Crippen molar-refractivity contribution in [2.45, 2.75) is 34.2 Å². The maximum atomic E-state index is 12.1. The van der Waals surface area contributed by atoms with Gasteiger partial charge in [-0.05, 0) is 37.5 Å². The topological polar surface area (TPSA) is 71.1 Å². The first-order valence-electron chi connectivity index (χ1n) is 6.79. The number of carbonyl (C=O) groups is 2. The third-order valence-corrected chi connectivity index (χ3v) is 3.01. The van der Waals surface area contributed by atoms with Gasteiger partial charge in [0.2, 0.25) is 11.8 Å². The molecule has 2 N–H and O–H groups in total. The molecule has 2 amide bonds. The van der Waals surface area contributed by atoms with Crippen molar-refractivity contribution in [3.05, 3.63) is 30.1 Å². The number of hydrogen-bond acceptors (Lipinski definition) is 3. The summed E-state index contributed by atoms with van der Waals surface area (Å²) in [5, 5.41) is 5.57. The summed E-state index contributed by atoms with van der Waals surface area (Å²) in [7, 11) is 0. The minimum absolute atomic E-state index is 0.251. The van der Waals surface area contributed by atoms with Gasteiger partial charge >= 0.3 is 0 Å². The summed E-state index contributed by atoms with van der Waals surface area (Å²) < 4.78 is 0. The van der Waals surface area contributed by atoms with E-state index in [2.05, 4.69) is 15.6 Å². The van der Waals surface area contributed by atoms with Crippen molar-refractivity contribution in [3.8, 4) is 0 Å². The molecule has 1 aromatic heterocycles. The standard InChI is InChI=1S/C15H23N3O2/c1-11(2)9-17-13(19)15(3,4)14(20)18-10-12-5-7-16-8-6-12/h5-8,11H,9-10H2,1-4H3,(H,17,19)(H,18,20). The van der Waals surface area contributed by atoms with Gasteiger partial charge in [-0.15, -0.1) is 0 Å². The summed E-state index contributed by atoms with van der Waals surface area (Å²) >= 11 is 0. The predicted molar refractivity (Wildman–Crippen MR) is 77.7 cm³/mol. The molecule has 0 aliphatic rings. The van der Waals surface area contributed by atoms with Crippen LogP contribution in [0.1, 0.15) is 33.3 Å². The van der Waals surface area contributed by atoms with Crippen molar-refractivity contribution in [2.24, 2.45) is 11.3 Å². The van der Waals surface area contributed by atoms with Crippen LogP contribution in [0.15, 0.2) is 24.5 Å². The number of aromatic nitrogens is 1. The van der Waals surface area contributed by atoms with Gasteiger partial charge < -0.3 is 10.6 Å². The molecule has 20 heavy (non-hydrogen) atoms. The van der Waals surface area contributed by atoms with Crippen molar-refractivity contribution in [1.82, 2.24) is 15.6 Å². The highest BCUT2D eigenvalue weighted by atomic mass is 16.2. The van der Waals surface area contributed by atoms with Crippen molar-refractivity contribution in [2.75, 3.05) is 6.54 Å². The molecule has 0 bridgehead atoms. The Labute approximate surface area is 120 Å². The lowest BCUT2D eigenvalue weighted by Crippen LogP contribution is -2.48. The molecule has 1 rings (SSSR count). The number of rotatable bonds is 6. The van der Waals surface area contributed by atoms with E-state index in [0.29, 0.717) is 19.0 Å². The normalized spacial score (nSPS) is 11.2. The van der Waals surface area contributed by atoms with E-state index in [4.69, 9.17) is 0 Å². The van der Waals surface area contributed by atoms with Crippen LogP contribution >= 0.6 is 0 Å². The second kappa shape index (κ2) is 7.03. The van der Waals surface area contributed by atoms with Crippen molar-refractivity contribution in [1.29, 1.82) is 0 Å². The molecule has 0 atom stereocenters. The number of hydrogen-bond donors (Lipinski definition) is 2. The van der Waals surface area contributed by atoms with Crippen LogP contribution in [0.5, 0.6) is 0 Å². The molecule has 0 aromatic carbocycles. The second-order valence-electron chi connectivity index (χ2n) is 5.77. The van der Waals surface area contributed by atoms with Crippen molar-refractivity contribution in [3.63, 3.8) is 0 Å². The Bertz CT molecular complexity index is 455. The maximum Gasteiger partial charge on any atom is 0.235 e. The fourth-order valence-electron chi connectivity index (χ4n) is 1.52. The van der Waals surface area contributed by atoms with Crippen LogP contribution in [-0.4, -0.2) is 23.3 Å². The predicted octanol–water partition coefficient (Wildman–Crippen LogP) is 1.50. The smallest absolute Gasteiger partial charge is 0.235 e. The third kappa shape index (κ3) is 4.64. The second-order valence-corrected chi connectivity index (χ2v) is 5.77. The molecular formula is C15H23N3O2. The highest BCUT2D eigenvalue weighted by molar-refractivity contribution is 6.04. The van der Waals surface area contributed by atoms with Crippen LogP contribution in [0.4, 0.5) is 0 Å². The lowest BCUT2D eigenvalue weighted by atomic mass is 9.90. The molecule has 1 heterocycles. The van der Waals surface area contributed by atoms with E-state index in [1.807, 2.05) is 26.0 Å². The Hall–Kier alpha value is -1.91. The first-order chi connectivity index (χ1) is 9.34. The number of nitrogens with zero attached hydrogens (tertiary/aromatic N) is 1. The van der Waals surface area contributed by atoms with Crippen LogP contribution in [0.2, 0.25) is 0 Å². The molecule has 1 aromatic rings. The minimum atomic E-state index is -1.08. The average Bonchev–Trinajstić information content (AvgIpc) is 2.42. The average molecular weight is 277 g/mol. The van der Waals surface area contributed by atoms with Crippen molar-refractivity contribution < 1.29 is 9.59 Å². The molecular weight excluding hydrogens is 254 g/mol. The van der Waals surface area contributed by atoms with E-state index >= 15 is 0 Å². The summed E-state index contributed by atoms with van der Waals surface area (Å²) in [6, 6.07) is 3.65. The SMILES string of the molecule is CC(C)CNC(=O)C(C)(C)C(=O)NCc1ccncc1. The Morgan fingerprint density at radius 3 is 2.25 bits per heavy atom. The number of carbonyl (C=O) groups excluding carboxylic acids is 2. The molecule has 110 valence electrons. The molecule has 0 saturated heterocycles. The zero-order valence-corrected chi connectivity index (χ0v) is 12.6. The van der Waals surface area contributed by atoms with Crippen LogP contribution in [0, 0.1) is 11.3 Å². The highest BCUT2D eigenvalue weighted by Gasteiger charge is 2.35. The quantitative estimate of drug-likeness (QED) is 0.774. The summed E-state index contributed by atoms with van der Waals surface area (Å²) in [6.45, 7) is 8.24. The Balaban J connectivity index is 2.54. The van der Waals surface area contributed by atoms with E-state index in [9.17, 15) is 9.59 Å². The molecule has 0 unspecified atom stereocenters. The van der Waals surface area contributed by atoms with E-state index < -0.39 is 5.41 Å². The number of nitrogens with one attached hydrogen (secondary N) is 2. The molecule has 0 aliphatic carbocycles. The largest absolute Gasteiger partial charge is 0.355 e. The van der Waals surface area contributed by atoms with E-state index in [-0.39, 0.29) is 11.8 Å². The molecule has 5 nitrogen and oxygen atoms in total. The van der Waals surface area contributed by atoms with E-state index in [1.165, 1.54) is 0 Å². The molecule has 0 fully saturated rings. The van der Waals surface area contributed by atoms with E-state index in [1.54, 1.807) is 26.2 Å². The van der Waals surface area contributed by atoms with Crippen LogP contribution in [0.25, 0.3) is 0 Å². The summed E-state index contributed by atoms with van der Waals surface area (Å²) in [5.41, 5.74) is -0.131. The monoisotopic (exact) mass is 277 g/mol. The van der Waals surface area contributed by atoms with Gasteiger partial charge in [0.15, 0.2) is 0 Å². The molecule has 0 radical (unpaired) electrons. The Morgan fingerprint density at radius 2 is 1.70 bits per heavy atom. The molecule has 0 saturated carbocycles. The van der Waals surface area contributed by atoms with Gasteiger partial charge in [-0.25, -0.2) is 0 Å². The Morgan fingerprint density at radius 1 is 1.15 bits per heavy atom. The van der Waals surface area contributed by atoms with Crippen molar-refractivity contribution >= 4 is 11.8 Å². The Kier molecular flexibility index (Phi) is 5.67. The van der Waals surface area contributed by atoms with Gasteiger partial charge in [0.05, 0.1) is 0 Å². The number of pyridine rings is 1. The zero-order chi connectivity index (χ0) is 15.2. The summed E-state index contributed by atoms with van der Waals surface area (Å²) in [6.07, 6.45) is 3.34. The van der Waals surface area contributed by atoms with Gasteiger partial charge in [-0.2, -0.15) is 0 Å². The highest BCUT2D eigenvalue weighted by Crippen LogP contribution is 2.16. The first-order valence-corrected chi connectivity index (χ1v) is 6.79. The molecule has 5 heteroatoms. The minimum Gasteiger partial charge on any atom is -0.355 e. The van der Waals surface area contributed by atoms with Gasteiger partial charge in [-0.3, -0.25) is 14.6 Å². The lowest BCUT2D eigenvalue weighted by molar-refractivity contribution is -0.141. The number of amides is 2. The van der Waals surface area contributed by atoms with Crippen LogP contribution in [0.3, 0.4) is 0 Å². The van der Waals surface area contributed by atoms with Gasteiger partial charge in [0.1, 0.15) is 5.41 Å². The third-order valence-electron chi connectivity index (χ3n) is 3.01. The fraction of sp³-hybridized carbons (Fsp3) is 0.533. The summed E-state index contributed by atoms with van der Waals surface area (Å²) in [4.78, 5) is 28.1. The zero-order valence-electron chi connectivity index (χ0n) is 12.6. The molecule has 0 spiro atoms. The lowest BCUT2D eigenvalue weighted by Gasteiger charge is -2.23. The first kappa shape index (κ1) is 16.1. The maximum absolute atomic E-state index is 12.1. The van der Waals surface area contributed by atoms with Crippen LogP contribution < -0.4 is 10.6 Å². The molecule has 0 aliphatic heterocycles. The van der Waals surface area contributed by atoms with E-state index in [0.717, 1.165) is 5.56 Å². The van der Waals surface area contributed by atoms with Crippen LogP contribution in [-0.2, 0) is 16.1 Å². The van der Waals surface area contributed by atoms with Gasteiger partial charge in [0.25, 0.3) is 0 Å². The van der Waals surface area contributed by atoms with Gasteiger partial charge in [0, 0.05) is 25.5 Å². The fourth-order valence-corrected chi connectivity index (χ4v) is 1.52.